The first-order valence-electron chi connectivity index (χ1n) is 7.44. The van der Waals surface area contributed by atoms with Crippen LogP contribution >= 0.6 is 0 Å². The molecule has 21 heavy (non-hydrogen) atoms. The van der Waals surface area contributed by atoms with E-state index in [1.165, 1.54) is 0 Å². The molecule has 2 aromatic heterocycles. The van der Waals surface area contributed by atoms with Gasteiger partial charge in [-0.25, -0.2) is 9.50 Å². The molecule has 0 spiro atoms. The van der Waals surface area contributed by atoms with Gasteiger partial charge in [0.2, 0.25) is 0 Å². The van der Waals surface area contributed by atoms with Gasteiger partial charge in [-0.2, -0.15) is 5.10 Å². The lowest BCUT2D eigenvalue weighted by atomic mass is 9.91. The molecule has 0 aliphatic heterocycles. The Kier molecular flexibility index (Phi) is 3.63. The van der Waals surface area contributed by atoms with Gasteiger partial charge in [0.25, 0.3) is 5.91 Å². The number of carbonyl (C=O) groups excluding carboxylic acids is 1. The molecule has 0 saturated heterocycles. The molecule has 6 nitrogen and oxygen atoms in total. The Labute approximate surface area is 123 Å². The van der Waals surface area contributed by atoms with Crippen molar-refractivity contribution in [3.05, 3.63) is 29.2 Å². The minimum absolute atomic E-state index is 0.0426. The number of aryl methyl sites for hydroxylation is 2. The van der Waals surface area contributed by atoms with Gasteiger partial charge in [0.15, 0.2) is 5.65 Å². The van der Waals surface area contributed by atoms with E-state index >= 15 is 0 Å². The summed E-state index contributed by atoms with van der Waals surface area (Å²) in [6.45, 7) is 3.87. The van der Waals surface area contributed by atoms with Crippen LogP contribution in [-0.2, 0) is 0 Å². The van der Waals surface area contributed by atoms with Crippen LogP contribution in [0.3, 0.4) is 0 Å². The quantitative estimate of drug-likeness (QED) is 0.873. The third-order valence-electron chi connectivity index (χ3n) is 4.16. The van der Waals surface area contributed by atoms with Gasteiger partial charge in [-0.1, -0.05) is 12.8 Å². The second-order valence-electron chi connectivity index (χ2n) is 5.86. The standard InChI is InChI=1S/C15H21N5O/c1-9-7-10(2)20-14(18-9)11(8-17-20)15(21)19-13-6-4-3-5-12(13)16/h7-8,12-13H,3-6,16H2,1-2H3,(H,19,21). The number of nitrogens with zero attached hydrogens (tertiary/aromatic N) is 3. The number of nitrogens with two attached hydrogens (primary N) is 1. The fourth-order valence-corrected chi connectivity index (χ4v) is 3.02. The number of carbonyl (C=O) groups is 1. The summed E-state index contributed by atoms with van der Waals surface area (Å²) in [6, 6.07) is 2.03. The van der Waals surface area contributed by atoms with Crippen LogP contribution in [0.4, 0.5) is 0 Å². The van der Waals surface area contributed by atoms with E-state index in [9.17, 15) is 4.79 Å². The minimum Gasteiger partial charge on any atom is -0.348 e. The van der Waals surface area contributed by atoms with Gasteiger partial charge >= 0.3 is 0 Å². The van der Waals surface area contributed by atoms with E-state index in [0.29, 0.717) is 11.2 Å². The predicted octanol–water partition coefficient (Wildman–Crippen LogP) is 1.35. The van der Waals surface area contributed by atoms with Crippen LogP contribution in [0.5, 0.6) is 0 Å². The van der Waals surface area contributed by atoms with E-state index < -0.39 is 0 Å². The molecule has 112 valence electrons. The molecule has 2 aromatic rings. The van der Waals surface area contributed by atoms with Crippen molar-refractivity contribution in [1.29, 1.82) is 0 Å². The van der Waals surface area contributed by atoms with E-state index in [-0.39, 0.29) is 18.0 Å². The number of amides is 1. The maximum atomic E-state index is 12.5. The Morgan fingerprint density at radius 2 is 2.14 bits per heavy atom. The van der Waals surface area contributed by atoms with Gasteiger partial charge in [0, 0.05) is 23.5 Å². The van der Waals surface area contributed by atoms with E-state index in [2.05, 4.69) is 15.4 Å². The number of hydrogen-bond acceptors (Lipinski definition) is 4. The van der Waals surface area contributed by atoms with Crippen LogP contribution in [0.25, 0.3) is 5.65 Å². The molecule has 2 heterocycles. The Morgan fingerprint density at radius 3 is 2.90 bits per heavy atom. The zero-order valence-corrected chi connectivity index (χ0v) is 12.5. The topological polar surface area (TPSA) is 85.3 Å². The van der Waals surface area contributed by atoms with E-state index in [4.69, 9.17) is 5.73 Å². The van der Waals surface area contributed by atoms with Crippen LogP contribution in [0.1, 0.15) is 47.4 Å². The Hall–Kier alpha value is -1.95. The third kappa shape index (κ3) is 2.63. The highest BCUT2D eigenvalue weighted by Gasteiger charge is 2.25. The van der Waals surface area contributed by atoms with Crippen molar-refractivity contribution < 1.29 is 4.79 Å². The second-order valence-corrected chi connectivity index (χ2v) is 5.86. The van der Waals surface area contributed by atoms with Crippen molar-refractivity contribution in [2.24, 2.45) is 5.73 Å². The van der Waals surface area contributed by atoms with Gasteiger partial charge < -0.3 is 11.1 Å². The fourth-order valence-electron chi connectivity index (χ4n) is 3.02. The summed E-state index contributed by atoms with van der Waals surface area (Å²) in [5, 5.41) is 7.30. The summed E-state index contributed by atoms with van der Waals surface area (Å²) < 4.78 is 1.70. The van der Waals surface area contributed by atoms with Gasteiger partial charge in [-0.3, -0.25) is 4.79 Å². The third-order valence-corrected chi connectivity index (χ3v) is 4.16. The zero-order valence-electron chi connectivity index (χ0n) is 12.5. The molecule has 0 radical (unpaired) electrons. The highest BCUT2D eigenvalue weighted by Crippen LogP contribution is 2.18. The van der Waals surface area contributed by atoms with Crippen molar-refractivity contribution in [1.82, 2.24) is 19.9 Å². The molecule has 1 aliphatic carbocycles. The average molecular weight is 287 g/mol. The zero-order chi connectivity index (χ0) is 15.0. The molecule has 6 heteroatoms. The largest absolute Gasteiger partial charge is 0.348 e. The molecule has 3 rings (SSSR count). The molecular weight excluding hydrogens is 266 g/mol. The van der Waals surface area contributed by atoms with Crippen molar-refractivity contribution >= 4 is 11.6 Å². The summed E-state index contributed by atoms with van der Waals surface area (Å²) >= 11 is 0. The summed E-state index contributed by atoms with van der Waals surface area (Å²) in [4.78, 5) is 16.9. The van der Waals surface area contributed by atoms with Gasteiger partial charge in [0.1, 0.15) is 5.56 Å². The molecule has 2 atom stereocenters. The maximum Gasteiger partial charge on any atom is 0.257 e. The number of fused-ring (bicyclic) bond motifs is 1. The van der Waals surface area contributed by atoms with Gasteiger partial charge in [0.05, 0.1) is 6.20 Å². The molecule has 3 N–H and O–H groups in total. The molecule has 1 fully saturated rings. The normalized spacial score (nSPS) is 22.4. The number of aromatic nitrogens is 3. The van der Waals surface area contributed by atoms with E-state index in [1.54, 1.807) is 10.7 Å². The first kappa shape index (κ1) is 14.0. The van der Waals surface area contributed by atoms with Gasteiger partial charge in [-0.05, 0) is 32.8 Å². The fraction of sp³-hybridized carbons (Fsp3) is 0.533. The van der Waals surface area contributed by atoms with Crippen LogP contribution < -0.4 is 11.1 Å². The Bertz CT molecular complexity index is 678. The summed E-state index contributed by atoms with van der Waals surface area (Å²) in [6.07, 6.45) is 5.75. The van der Waals surface area contributed by atoms with Crippen molar-refractivity contribution in [3.8, 4) is 0 Å². The first-order chi connectivity index (χ1) is 10.1. The SMILES string of the molecule is Cc1cc(C)n2ncc(C(=O)NC3CCCCC3N)c2n1. The highest BCUT2D eigenvalue weighted by molar-refractivity contribution is 5.99. The lowest BCUT2D eigenvalue weighted by Gasteiger charge is -2.29. The molecule has 2 unspecified atom stereocenters. The smallest absolute Gasteiger partial charge is 0.257 e. The number of hydrogen-bond donors (Lipinski definition) is 2. The molecular formula is C15H21N5O. The molecule has 1 amide bonds. The maximum absolute atomic E-state index is 12.5. The Morgan fingerprint density at radius 1 is 1.38 bits per heavy atom. The lowest BCUT2D eigenvalue weighted by molar-refractivity contribution is 0.0922. The van der Waals surface area contributed by atoms with Gasteiger partial charge in [-0.15, -0.1) is 0 Å². The highest BCUT2D eigenvalue weighted by atomic mass is 16.1. The lowest BCUT2D eigenvalue weighted by Crippen LogP contribution is -2.49. The van der Waals surface area contributed by atoms with Crippen molar-refractivity contribution in [3.63, 3.8) is 0 Å². The Balaban J connectivity index is 1.88. The summed E-state index contributed by atoms with van der Waals surface area (Å²) in [7, 11) is 0. The number of nitrogens with one attached hydrogen (secondary N) is 1. The summed E-state index contributed by atoms with van der Waals surface area (Å²) in [5.74, 6) is -0.134. The van der Waals surface area contributed by atoms with E-state index in [0.717, 1.165) is 37.1 Å². The molecule has 0 bridgehead atoms. The first-order valence-corrected chi connectivity index (χ1v) is 7.44. The molecule has 1 aliphatic rings. The minimum atomic E-state index is -0.134. The number of rotatable bonds is 2. The summed E-state index contributed by atoms with van der Waals surface area (Å²) in [5.41, 5.74) is 9.05. The average Bonchev–Trinajstić information content (AvgIpc) is 2.85. The van der Waals surface area contributed by atoms with Crippen LogP contribution in [0, 0.1) is 13.8 Å². The molecule has 0 aromatic carbocycles. The molecule has 1 saturated carbocycles. The van der Waals surface area contributed by atoms with Crippen LogP contribution in [-0.4, -0.2) is 32.6 Å². The van der Waals surface area contributed by atoms with Crippen molar-refractivity contribution in [2.75, 3.05) is 0 Å². The van der Waals surface area contributed by atoms with E-state index in [1.807, 2.05) is 19.9 Å². The monoisotopic (exact) mass is 287 g/mol. The van der Waals surface area contributed by atoms with Crippen LogP contribution in [0.2, 0.25) is 0 Å². The second kappa shape index (κ2) is 5.44. The van der Waals surface area contributed by atoms with Crippen LogP contribution in [0.15, 0.2) is 12.3 Å². The van der Waals surface area contributed by atoms with Crippen molar-refractivity contribution in [2.45, 2.75) is 51.6 Å². The predicted molar refractivity (Wildman–Crippen MR) is 80.2 cm³/mol.